The van der Waals surface area contributed by atoms with Gasteiger partial charge >= 0.3 is 23.9 Å². The quantitative estimate of drug-likeness (QED) is 0.174. The molecule has 5 N–H and O–H groups in total. The maximum absolute atomic E-state index is 13.9. The van der Waals surface area contributed by atoms with Crippen molar-refractivity contribution >= 4 is 23.9 Å². The topological polar surface area (TPSA) is 219 Å². The van der Waals surface area contributed by atoms with E-state index in [0.29, 0.717) is 31.8 Å². The first-order chi connectivity index (χ1) is 26.0. The van der Waals surface area contributed by atoms with Crippen LogP contribution in [-0.4, -0.2) is 132 Å². The summed E-state index contributed by atoms with van der Waals surface area (Å²) in [6.45, 7) is 15.5. The average Bonchev–Trinajstić information content (AvgIpc) is 3.40. The Hall–Kier alpha value is -2.40. The van der Waals surface area contributed by atoms with Crippen molar-refractivity contribution in [3.05, 3.63) is 0 Å². The number of aliphatic hydroxyl groups excluding tert-OH is 1. The highest BCUT2D eigenvalue weighted by atomic mass is 16.7. The van der Waals surface area contributed by atoms with E-state index in [2.05, 4.69) is 11.8 Å². The maximum atomic E-state index is 13.9. The zero-order valence-corrected chi connectivity index (χ0v) is 34.2. The molecule has 56 heavy (non-hydrogen) atoms. The SMILES string of the molecule is CC[C@H](C)C(=O)O[C@@H]1[C@H](O)[C@@H]2[C@H](CN3C[C@H](C)CC[C@@H]3[C@]2(C)O)[C@@H]2C[C@@]34O[C@@]5(O)[C@H](OC(=O)[C@](C)(O)CC)CC[C@@]3(C)[C@H]5[C@H](OC(C)=O)[C@H](OC(C)=O)[C@@H]4[C@]12O. The zero-order chi connectivity index (χ0) is 41.3. The van der Waals surface area contributed by atoms with E-state index in [1.807, 2.05) is 13.8 Å². The number of piperidine rings is 2. The summed E-state index contributed by atoms with van der Waals surface area (Å²) in [4.78, 5) is 55.6. The number of aliphatic hydroxyl groups is 5. The molecule has 4 bridgehead atoms. The van der Waals surface area contributed by atoms with E-state index in [4.69, 9.17) is 23.7 Å². The Labute approximate surface area is 328 Å². The van der Waals surface area contributed by atoms with Gasteiger partial charge in [0.15, 0.2) is 17.8 Å². The normalized spacial score (nSPS) is 50.5. The van der Waals surface area contributed by atoms with E-state index in [1.165, 1.54) is 20.8 Å². The van der Waals surface area contributed by atoms with Crippen LogP contribution in [0.2, 0.25) is 0 Å². The van der Waals surface area contributed by atoms with Crippen molar-refractivity contribution in [1.29, 1.82) is 0 Å². The van der Waals surface area contributed by atoms with Gasteiger partial charge in [0, 0.05) is 44.3 Å². The van der Waals surface area contributed by atoms with Gasteiger partial charge in [0.25, 0.3) is 0 Å². The molecule has 0 amide bonds. The first kappa shape index (κ1) is 41.7. The average molecular weight is 794 g/mol. The third-order valence-electron chi connectivity index (χ3n) is 16.0. The van der Waals surface area contributed by atoms with Crippen molar-refractivity contribution in [1.82, 2.24) is 4.90 Å². The first-order valence-corrected chi connectivity index (χ1v) is 20.7. The molecule has 3 heterocycles. The molecule has 15 nitrogen and oxygen atoms in total. The Kier molecular flexibility index (Phi) is 10.1. The summed E-state index contributed by atoms with van der Waals surface area (Å²) in [6, 6.07) is -0.309. The number of rotatable bonds is 8. The highest BCUT2D eigenvalue weighted by Crippen LogP contribution is 2.78. The van der Waals surface area contributed by atoms with Crippen LogP contribution in [0.1, 0.15) is 107 Å². The summed E-state index contributed by atoms with van der Waals surface area (Å²) in [5.41, 5.74) is -8.37. The second kappa shape index (κ2) is 13.6. The van der Waals surface area contributed by atoms with Crippen LogP contribution in [0.25, 0.3) is 0 Å². The highest BCUT2D eigenvalue weighted by Gasteiger charge is 2.90. The number of esters is 4. The van der Waals surface area contributed by atoms with Crippen LogP contribution in [0.4, 0.5) is 0 Å². The summed E-state index contributed by atoms with van der Waals surface area (Å²) < 4.78 is 31.3. The van der Waals surface area contributed by atoms with Crippen LogP contribution < -0.4 is 0 Å². The highest BCUT2D eigenvalue weighted by molar-refractivity contribution is 5.79. The van der Waals surface area contributed by atoms with Crippen molar-refractivity contribution in [2.45, 2.75) is 172 Å². The van der Waals surface area contributed by atoms with E-state index >= 15 is 0 Å². The molecular formula is C41H63NO14. The number of fused-ring (bicyclic) bond motifs is 5. The predicted octanol–water partition coefficient (Wildman–Crippen LogP) is 1.61. The zero-order valence-electron chi connectivity index (χ0n) is 34.2. The van der Waals surface area contributed by atoms with Crippen molar-refractivity contribution in [3.8, 4) is 0 Å². The van der Waals surface area contributed by atoms with Crippen molar-refractivity contribution in [3.63, 3.8) is 0 Å². The molecule has 4 saturated carbocycles. The second-order valence-corrected chi connectivity index (χ2v) is 19.2. The lowest BCUT2D eigenvalue weighted by Gasteiger charge is -2.64. The number of nitrogens with zero attached hydrogens (tertiary/aromatic N) is 1. The number of carbonyl (C=O) groups is 4. The minimum Gasteiger partial charge on any atom is -0.458 e. The molecule has 7 rings (SSSR count). The number of carbonyl (C=O) groups excluding carboxylic acids is 4. The fourth-order valence-corrected chi connectivity index (χ4v) is 13.1. The first-order valence-electron chi connectivity index (χ1n) is 20.7. The Bertz CT molecular complexity index is 1620. The molecule has 3 aliphatic heterocycles. The van der Waals surface area contributed by atoms with Crippen LogP contribution in [0, 0.1) is 46.8 Å². The van der Waals surface area contributed by atoms with Gasteiger partial charge in [-0.3, -0.25) is 19.3 Å². The number of ether oxygens (including phenoxy) is 5. The fraction of sp³-hybridized carbons (Fsp3) is 0.902. The monoisotopic (exact) mass is 793 g/mol. The van der Waals surface area contributed by atoms with Gasteiger partial charge < -0.3 is 49.2 Å². The van der Waals surface area contributed by atoms with E-state index in [9.17, 15) is 44.7 Å². The van der Waals surface area contributed by atoms with Gasteiger partial charge in [0.2, 0.25) is 5.79 Å². The lowest BCUT2D eigenvalue weighted by atomic mass is 9.48. The summed E-state index contributed by atoms with van der Waals surface area (Å²) in [6.07, 6.45) is -5.31. The predicted molar refractivity (Wildman–Crippen MR) is 195 cm³/mol. The van der Waals surface area contributed by atoms with Crippen LogP contribution >= 0.6 is 0 Å². The molecule has 0 aromatic rings. The molecule has 4 aliphatic carbocycles. The van der Waals surface area contributed by atoms with Gasteiger partial charge in [-0.2, -0.15) is 0 Å². The van der Waals surface area contributed by atoms with Gasteiger partial charge in [-0.1, -0.05) is 34.6 Å². The molecule has 0 unspecified atom stereocenters. The second-order valence-electron chi connectivity index (χ2n) is 19.2. The largest absolute Gasteiger partial charge is 0.458 e. The van der Waals surface area contributed by atoms with E-state index in [1.54, 1.807) is 20.8 Å². The summed E-state index contributed by atoms with van der Waals surface area (Å²) >= 11 is 0. The Morgan fingerprint density at radius 3 is 2.14 bits per heavy atom. The molecule has 0 radical (unpaired) electrons. The Balaban J connectivity index is 1.45. The van der Waals surface area contributed by atoms with Crippen molar-refractivity contribution in [2.75, 3.05) is 13.1 Å². The minimum atomic E-state index is -2.38. The van der Waals surface area contributed by atoms with E-state index in [0.717, 1.165) is 6.42 Å². The molecule has 3 saturated heterocycles. The molecule has 15 heteroatoms. The molecule has 1 spiro atoms. The molecule has 0 aromatic carbocycles. The maximum Gasteiger partial charge on any atom is 0.338 e. The summed E-state index contributed by atoms with van der Waals surface area (Å²) in [5, 5.41) is 62.9. The van der Waals surface area contributed by atoms with Gasteiger partial charge in [-0.15, -0.1) is 0 Å². The summed E-state index contributed by atoms with van der Waals surface area (Å²) in [5.74, 6) is -10.8. The van der Waals surface area contributed by atoms with Crippen LogP contribution in [0.5, 0.6) is 0 Å². The van der Waals surface area contributed by atoms with Crippen LogP contribution in [0.15, 0.2) is 0 Å². The van der Waals surface area contributed by atoms with Gasteiger partial charge in [-0.05, 0) is 76.5 Å². The lowest BCUT2D eigenvalue weighted by molar-refractivity contribution is -0.301. The lowest BCUT2D eigenvalue weighted by Crippen LogP contribution is -2.78. The van der Waals surface area contributed by atoms with E-state index in [-0.39, 0.29) is 31.7 Å². The number of hydrogen-bond donors (Lipinski definition) is 5. The van der Waals surface area contributed by atoms with Gasteiger partial charge in [0.1, 0.15) is 17.8 Å². The Morgan fingerprint density at radius 1 is 0.929 bits per heavy atom. The smallest absolute Gasteiger partial charge is 0.338 e. The standard InChI is InChI=1S/C41H63NO14/c1-10-20(4)34(46)55-33-28(45)27-23(18-42-17-19(3)12-13-25(42)38(27,9)49)24-16-39-32(40(24,33)50)30(53-22(6)44)29(52-21(5)43)31-36(39,7)15-14-26(41(31,51)56-39)54-35(47)37(8,48)11-2/h19-20,23-33,45,48-51H,10-18H2,1-9H3/t19-,20+,23-,24+,25-,26-,27+,28-,29-,30+,31-,32+,33-,36+,37-,38+,39+,40+,41+/m1/s1. The molecule has 316 valence electrons. The fourth-order valence-electron chi connectivity index (χ4n) is 13.1. The molecule has 7 fully saturated rings. The van der Waals surface area contributed by atoms with Crippen molar-refractivity contribution < 1.29 is 68.4 Å². The van der Waals surface area contributed by atoms with Gasteiger partial charge in [0.05, 0.1) is 35.1 Å². The summed E-state index contributed by atoms with van der Waals surface area (Å²) in [7, 11) is 0. The molecule has 7 aliphatic rings. The molecule has 19 atom stereocenters. The van der Waals surface area contributed by atoms with Crippen molar-refractivity contribution in [2.24, 2.45) is 46.8 Å². The minimum absolute atomic E-state index is 0.0107. The number of hydrogen-bond acceptors (Lipinski definition) is 15. The third kappa shape index (κ3) is 5.60. The van der Waals surface area contributed by atoms with Gasteiger partial charge in [-0.25, -0.2) is 4.79 Å². The molecule has 0 aromatic heterocycles. The van der Waals surface area contributed by atoms with Crippen LogP contribution in [0.3, 0.4) is 0 Å². The third-order valence-corrected chi connectivity index (χ3v) is 16.0. The van der Waals surface area contributed by atoms with Crippen LogP contribution in [-0.2, 0) is 42.9 Å². The Morgan fingerprint density at radius 2 is 1.55 bits per heavy atom. The molecular weight excluding hydrogens is 730 g/mol. The van der Waals surface area contributed by atoms with E-state index < -0.39 is 124 Å².